The van der Waals surface area contributed by atoms with E-state index in [2.05, 4.69) is 17.1 Å². The highest BCUT2D eigenvalue weighted by Gasteiger charge is 2.50. The van der Waals surface area contributed by atoms with Crippen molar-refractivity contribution in [2.45, 2.75) is 64.8 Å². The second-order valence-corrected chi connectivity index (χ2v) is 8.71. The van der Waals surface area contributed by atoms with Crippen molar-refractivity contribution in [3.05, 3.63) is 28.6 Å². The largest absolute Gasteiger partial charge is 0.310 e. The second kappa shape index (κ2) is 5.17. The van der Waals surface area contributed by atoms with E-state index < -0.39 is 0 Å². The molecule has 0 spiro atoms. The van der Waals surface area contributed by atoms with Crippen LogP contribution < -0.4 is 5.56 Å². The maximum absolute atomic E-state index is 12.9. The lowest BCUT2D eigenvalue weighted by Gasteiger charge is -2.57. The Morgan fingerprint density at radius 1 is 1.08 bits per heavy atom. The molecule has 4 saturated carbocycles. The number of hydrogen-bond donors (Lipinski definition) is 0. The Balaban J connectivity index is 1.49. The van der Waals surface area contributed by atoms with Crippen molar-refractivity contribution in [2.24, 2.45) is 23.2 Å². The average Bonchev–Trinajstić information content (AvgIpc) is 2.93. The molecule has 0 aliphatic heterocycles. The van der Waals surface area contributed by atoms with Crippen LogP contribution in [0.2, 0.25) is 0 Å². The minimum absolute atomic E-state index is 0.0306. The van der Waals surface area contributed by atoms with E-state index in [0.29, 0.717) is 11.1 Å². The molecule has 0 amide bonds. The first-order valence-corrected chi connectivity index (χ1v) is 9.59. The summed E-state index contributed by atoms with van der Waals surface area (Å²) in [6.07, 6.45) is 14.1. The van der Waals surface area contributed by atoms with Crippen molar-refractivity contribution < 1.29 is 0 Å². The summed E-state index contributed by atoms with van der Waals surface area (Å²) in [6.45, 7) is 3.00. The molecule has 0 unspecified atom stereocenters. The summed E-state index contributed by atoms with van der Waals surface area (Å²) in [7, 11) is 0. The van der Waals surface area contributed by atoms with Crippen molar-refractivity contribution in [1.29, 1.82) is 0 Å². The van der Waals surface area contributed by atoms with Gasteiger partial charge in [0.25, 0.3) is 5.56 Å². The van der Waals surface area contributed by atoms with Crippen LogP contribution in [0.15, 0.2) is 17.2 Å². The molecule has 24 heavy (non-hydrogen) atoms. The van der Waals surface area contributed by atoms with Crippen molar-refractivity contribution >= 4 is 5.65 Å². The first-order chi connectivity index (χ1) is 11.7. The lowest BCUT2D eigenvalue weighted by Crippen LogP contribution is -2.48. The minimum atomic E-state index is 0.0306. The molecule has 4 fully saturated rings. The zero-order valence-electron chi connectivity index (χ0n) is 14.4. The molecule has 128 valence electrons. The van der Waals surface area contributed by atoms with Gasteiger partial charge in [0.2, 0.25) is 5.65 Å². The van der Waals surface area contributed by atoms with Gasteiger partial charge in [-0.1, -0.05) is 6.92 Å². The topological polar surface area (TPSA) is 52.2 Å². The molecule has 0 radical (unpaired) electrons. The van der Waals surface area contributed by atoms with E-state index in [0.717, 1.165) is 43.0 Å². The third kappa shape index (κ3) is 2.16. The first kappa shape index (κ1) is 14.7. The number of aryl methyl sites for hydroxylation is 1. The molecular formula is C19H26N4O. The Morgan fingerprint density at radius 2 is 1.75 bits per heavy atom. The smallest absolute Gasteiger partial charge is 0.296 e. The number of fused-ring (bicyclic) bond motifs is 1. The normalized spacial score (nSPS) is 34.3. The highest BCUT2D eigenvalue weighted by molar-refractivity contribution is 5.34. The second-order valence-electron chi connectivity index (χ2n) is 8.71. The van der Waals surface area contributed by atoms with Gasteiger partial charge in [-0.05, 0) is 68.1 Å². The summed E-state index contributed by atoms with van der Waals surface area (Å²) in [5.74, 6) is 3.64. The lowest BCUT2D eigenvalue weighted by atomic mass is 9.49. The molecule has 5 heteroatoms. The SMILES string of the molecule is CCCc1nnc2c(=O)n(CC34C[C@H]5C[C@H](C3)C[C@@H](C4)C5)ccn12. The van der Waals surface area contributed by atoms with E-state index in [-0.39, 0.29) is 5.56 Å². The molecule has 6 rings (SSSR count). The van der Waals surface area contributed by atoms with Crippen LogP contribution in [0.4, 0.5) is 0 Å². The molecule has 5 nitrogen and oxygen atoms in total. The average molecular weight is 326 g/mol. The molecule has 4 bridgehead atoms. The predicted molar refractivity (Wildman–Crippen MR) is 91.8 cm³/mol. The molecule has 0 atom stereocenters. The Bertz CT molecular complexity index is 798. The van der Waals surface area contributed by atoms with E-state index in [1.54, 1.807) is 0 Å². The van der Waals surface area contributed by atoms with Crippen LogP contribution in [0.5, 0.6) is 0 Å². The molecule has 2 aromatic heterocycles. The van der Waals surface area contributed by atoms with Gasteiger partial charge in [0, 0.05) is 25.4 Å². The van der Waals surface area contributed by atoms with E-state index in [4.69, 9.17) is 0 Å². The maximum atomic E-state index is 12.9. The quantitative estimate of drug-likeness (QED) is 0.867. The summed E-state index contributed by atoms with van der Waals surface area (Å²) in [5.41, 5.74) is 0.886. The van der Waals surface area contributed by atoms with Crippen molar-refractivity contribution in [2.75, 3.05) is 0 Å². The van der Waals surface area contributed by atoms with Crippen molar-refractivity contribution in [1.82, 2.24) is 19.2 Å². The molecule has 4 aliphatic carbocycles. The van der Waals surface area contributed by atoms with Gasteiger partial charge >= 0.3 is 0 Å². The summed E-state index contributed by atoms with van der Waals surface area (Å²) >= 11 is 0. The van der Waals surface area contributed by atoms with Crippen LogP contribution in [0.25, 0.3) is 5.65 Å². The number of nitrogens with zero attached hydrogens (tertiary/aromatic N) is 4. The molecule has 4 aliphatic rings. The third-order valence-electron chi connectivity index (χ3n) is 6.76. The fourth-order valence-electron chi connectivity index (χ4n) is 6.33. The molecular weight excluding hydrogens is 300 g/mol. The zero-order chi connectivity index (χ0) is 16.3. The predicted octanol–water partition coefficient (Wildman–Crippen LogP) is 3.06. The molecule has 2 aromatic rings. The van der Waals surface area contributed by atoms with Gasteiger partial charge in [0.05, 0.1) is 0 Å². The number of aromatic nitrogens is 4. The summed E-state index contributed by atoms with van der Waals surface area (Å²) in [4.78, 5) is 12.9. The van der Waals surface area contributed by atoms with Crippen LogP contribution in [-0.2, 0) is 13.0 Å². The van der Waals surface area contributed by atoms with Crippen molar-refractivity contribution in [3.8, 4) is 0 Å². The van der Waals surface area contributed by atoms with E-state index in [1.807, 2.05) is 21.4 Å². The van der Waals surface area contributed by atoms with Crippen molar-refractivity contribution in [3.63, 3.8) is 0 Å². The Labute approximate surface area is 142 Å². The van der Waals surface area contributed by atoms with Gasteiger partial charge < -0.3 is 4.57 Å². The molecule has 0 N–H and O–H groups in total. The van der Waals surface area contributed by atoms with Crippen LogP contribution in [0, 0.1) is 23.2 Å². The minimum Gasteiger partial charge on any atom is -0.310 e. The fourth-order valence-corrected chi connectivity index (χ4v) is 6.33. The van der Waals surface area contributed by atoms with Gasteiger partial charge in [-0.25, -0.2) is 0 Å². The Morgan fingerprint density at radius 3 is 2.38 bits per heavy atom. The maximum Gasteiger partial charge on any atom is 0.296 e. The molecule has 0 aromatic carbocycles. The number of hydrogen-bond acceptors (Lipinski definition) is 3. The van der Waals surface area contributed by atoms with E-state index >= 15 is 0 Å². The Hall–Kier alpha value is -1.65. The van der Waals surface area contributed by atoms with Gasteiger partial charge in [0.1, 0.15) is 5.82 Å². The first-order valence-electron chi connectivity index (χ1n) is 9.59. The van der Waals surface area contributed by atoms with Gasteiger partial charge in [-0.3, -0.25) is 9.20 Å². The Kier molecular flexibility index (Phi) is 3.16. The lowest BCUT2D eigenvalue weighted by molar-refractivity contribution is -0.0623. The van der Waals surface area contributed by atoms with Gasteiger partial charge in [0.15, 0.2) is 0 Å². The van der Waals surface area contributed by atoms with E-state index in [1.165, 1.54) is 38.5 Å². The highest BCUT2D eigenvalue weighted by atomic mass is 16.1. The van der Waals surface area contributed by atoms with Gasteiger partial charge in [-0.15, -0.1) is 10.2 Å². The monoisotopic (exact) mass is 326 g/mol. The highest BCUT2D eigenvalue weighted by Crippen LogP contribution is 2.60. The van der Waals surface area contributed by atoms with E-state index in [9.17, 15) is 4.79 Å². The van der Waals surface area contributed by atoms with Crippen LogP contribution >= 0.6 is 0 Å². The summed E-state index contributed by atoms with van der Waals surface area (Å²) in [5, 5.41) is 8.38. The number of rotatable bonds is 4. The summed E-state index contributed by atoms with van der Waals surface area (Å²) in [6, 6.07) is 0. The zero-order valence-corrected chi connectivity index (χ0v) is 14.4. The van der Waals surface area contributed by atoms with Crippen LogP contribution in [0.3, 0.4) is 0 Å². The third-order valence-corrected chi connectivity index (χ3v) is 6.76. The molecule has 0 saturated heterocycles. The van der Waals surface area contributed by atoms with Gasteiger partial charge in [-0.2, -0.15) is 0 Å². The van der Waals surface area contributed by atoms with Crippen LogP contribution in [-0.4, -0.2) is 19.2 Å². The van der Waals surface area contributed by atoms with Crippen LogP contribution in [0.1, 0.15) is 57.7 Å². The molecule has 2 heterocycles. The fraction of sp³-hybridized carbons (Fsp3) is 0.737. The summed E-state index contributed by atoms with van der Waals surface area (Å²) < 4.78 is 3.80. The standard InChI is InChI=1S/C19H26N4O/c1-2-3-16-20-21-17-18(24)22(4-5-23(16)17)12-19-9-13-6-14(10-19)8-15(7-13)11-19/h4-5,13-15H,2-3,6-12H2,1H3/t13-,14-,15-,19?.